The molecule has 1 aromatic rings. The largest absolute Gasteiger partial charge is 0.385 e. The number of urea groups is 1. The van der Waals surface area contributed by atoms with E-state index in [1.165, 1.54) is 12.1 Å². The molecule has 0 aliphatic heterocycles. The van der Waals surface area contributed by atoms with E-state index in [2.05, 4.69) is 10.6 Å². The van der Waals surface area contributed by atoms with Crippen LogP contribution in [0.3, 0.4) is 0 Å². The van der Waals surface area contributed by atoms with Crippen molar-refractivity contribution < 1.29 is 13.9 Å². The molecule has 0 radical (unpaired) electrons. The Balaban J connectivity index is 2.19. The number of nitrogens with one attached hydrogen (secondary N) is 2. The lowest BCUT2D eigenvalue weighted by Crippen LogP contribution is -2.35. The minimum Gasteiger partial charge on any atom is -0.385 e. The second-order valence-corrected chi connectivity index (χ2v) is 3.59. The van der Waals surface area contributed by atoms with Crippen LogP contribution in [-0.2, 0) is 11.3 Å². The molecular formula is C12H17FN2O2. The van der Waals surface area contributed by atoms with Gasteiger partial charge in [0.2, 0.25) is 0 Å². The van der Waals surface area contributed by atoms with E-state index in [1.54, 1.807) is 19.2 Å². The zero-order chi connectivity index (χ0) is 12.5. The first-order chi connectivity index (χ1) is 8.22. The smallest absolute Gasteiger partial charge is 0.315 e. The fraction of sp³-hybridized carbons (Fsp3) is 0.417. The summed E-state index contributed by atoms with van der Waals surface area (Å²) in [5.74, 6) is -0.301. The van der Waals surface area contributed by atoms with E-state index in [0.717, 1.165) is 12.0 Å². The van der Waals surface area contributed by atoms with Crippen molar-refractivity contribution >= 4 is 6.03 Å². The second-order valence-electron chi connectivity index (χ2n) is 3.59. The Bertz CT molecular complexity index is 358. The van der Waals surface area contributed by atoms with Gasteiger partial charge in [0.1, 0.15) is 5.82 Å². The Kier molecular flexibility index (Phi) is 6.03. The lowest BCUT2D eigenvalue weighted by atomic mass is 10.2. The molecule has 2 amide bonds. The third-order valence-electron chi connectivity index (χ3n) is 2.15. The van der Waals surface area contributed by atoms with Gasteiger partial charge in [0.25, 0.3) is 0 Å². The van der Waals surface area contributed by atoms with E-state index in [1.807, 2.05) is 0 Å². The molecule has 0 aromatic heterocycles. The molecule has 0 fully saturated rings. The van der Waals surface area contributed by atoms with Crippen molar-refractivity contribution in [1.82, 2.24) is 10.6 Å². The van der Waals surface area contributed by atoms with Crippen molar-refractivity contribution in [3.63, 3.8) is 0 Å². The molecule has 0 bridgehead atoms. The number of ether oxygens (including phenoxy) is 1. The molecule has 17 heavy (non-hydrogen) atoms. The zero-order valence-corrected chi connectivity index (χ0v) is 9.83. The van der Waals surface area contributed by atoms with Crippen LogP contribution in [0, 0.1) is 5.82 Å². The van der Waals surface area contributed by atoms with Crippen molar-refractivity contribution in [2.75, 3.05) is 20.3 Å². The van der Waals surface area contributed by atoms with E-state index in [4.69, 9.17) is 4.74 Å². The summed E-state index contributed by atoms with van der Waals surface area (Å²) in [5.41, 5.74) is 0.733. The molecule has 0 heterocycles. The van der Waals surface area contributed by atoms with Gasteiger partial charge in [0.05, 0.1) is 0 Å². The van der Waals surface area contributed by atoms with E-state index in [-0.39, 0.29) is 11.8 Å². The Morgan fingerprint density at radius 1 is 1.41 bits per heavy atom. The van der Waals surface area contributed by atoms with E-state index >= 15 is 0 Å². The van der Waals surface area contributed by atoms with Crippen LogP contribution in [-0.4, -0.2) is 26.3 Å². The summed E-state index contributed by atoms with van der Waals surface area (Å²) in [6.07, 6.45) is 0.768. The van der Waals surface area contributed by atoms with Crippen LogP contribution < -0.4 is 10.6 Å². The minimum absolute atomic E-state index is 0.259. The van der Waals surface area contributed by atoms with Crippen molar-refractivity contribution in [3.05, 3.63) is 35.6 Å². The molecule has 0 aliphatic carbocycles. The summed E-state index contributed by atoms with van der Waals surface area (Å²) in [5, 5.41) is 5.32. The molecule has 1 aromatic carbocycles. The van der Waals surface area contributed by atoms with Crippen LogP contribution >= 0.6 is 0 Å². The average molecular weight is 240 g/mol. The Morgan fingerprint density at radius 2 is 2.24 bits per heavy atom. The van der Waals surface area contributed by atoms with Gasteiger partial charge in [-0.15, -0.1) is 0 Å². The molecule has 2 N–H and O–H groups in total. The highest BCUT2D eigenvalue weighted by molar-refractivity contribution is 5.73. The highest BCUT2D eigenvalue weighted by Gasteiger charge is 2.00. The van der Waals surface area contributed by atoms with Gasteiger partial charge in [-0.1, -0.05) is 12.1 Å². The monoisotopic (exact) mass is 240 g/mol. The minimum atomic E-state index is -0.301. The van der Waals surface area contributed by atoms with E-state index in [0.29, 0.717) is 19.7 Å². The van der Waals surface area contributed by atoms with Crippen molar-refractivity contribution in [2.24, 2.45) is 0 Å². The van der Waals surface area contributed by atoms with Gasteiger partial charge in [-0.2, -0.15) is 0 Å². The first-order valence-corrected chi connectivity index (χ1v) is 5.47. The molecule has 0 saturated carbocycles. The molecule has 1 rings (SSSR count). The third kappa shape index (κ3) is 5.87. The predicted molar refractivity (Wildman–Crippen MR) is 63.1 cm³/mol. The Hall–Kier alpha value is -1.62. The summed E-state index contributed by atoms with van der Waals surface area (Å²) >= 11 is 0. The number of carbonyl (C=O) groups excluding carboxylic acids is 1. The number of carbonyl (C=O) groups is 1. The first-order valence-electron chi connectivity index (χ1n) is 5.47. The summed E-state index contributed by atoms with van der Waals surface area (Å²) in [4.78, 5) is 11.3. The lowest BCUT2D eigenvalue weighted by molar-refractivity contribution is 0.193. The lowest BCUT2D eigenvalue weighted by Gasteiger charge is -2.07. The molecule has 94 valence electrons. The van der Waals surface area contributed by atoms with Gasteiger partial charge in [0, 0.05) is 26.8 Å². The number of methoxy groups -OCH3 is 1. The SMILES string of the molecule is COCCCNC(=O)NCc1cccc(F)c1. The van der Waals surface area contributed by atoms with Crippen molar-refractivity contribution in [1.29, 1.82) is 0 Å². The number of hydrogen-bond acceptors (Lipinski definition) is 2. The molecule has 0 unspecified atom stereocenters. The third-order valence-corrected chi connectivity index (χ3v) is 2.15. The standard InChI is InChI=1S/C12H17FN2O2/c1-17-7-3-6-14-12(16)15-9-10-4-2-5-11(13)8-10/h2,4-5,8H,3,6-7,9H2,1H3,(H2,14,15,16). The summed E-state index contributed by atoms with van der Waals surface area (Å²) < 4.78 is 17.7. The molecule has 0 spiro atoms. The van der Waals surface area contributed by atoms with Crippen LogP contribution in [0.25, 0.3) is 0 Å². The number of benzene rings is 1. The first kappa shape index (κ1) is 13.4. The van der Waals surface area contributed by atoms with E-state index in [9.17, 15) is 9.18 Å². The number of halogens is 1. The fourth-order valence-corrected chi connectivity index (χ4v) is 1.31. The number of hydrogen-bond donors (Lipinski definition) is 2. The van der Waals surface area contributed by atoms with Gasteiger partial charge in [-0.25, -0.2) is 9.18 Å². The fourth-order valence-electron chi connectivity index (χ4n) is 1.31. The highest BCUT2D eigenvalue weighted by atomic mass is 19.1. The maximum Gasteiger partial charge on any atom is 0.315 e. The Labute approximate surface area is 100 Å². The van der Waals surface area contributed by atoms with E-state index < -0.39 is 0 Å². The normalized spacial score (nSPS) is 10.0. The molecular weight excluding hydrogens is 223 g/mol. The van der Waals surface area contributed by atoms with Crippen molar-refractivity contribution in [2.45, 2.75) is 13.0 Å². The zero-order valence-electron chi connectivity index (χ0n) is 9.83. The van der Waals surface area contributed by atoms with Crippen LogP contribution in [0.5, 0.6) is 0 Å². The number of rotatable bonds is 6. The van der Waals surface area contributed by atoms with Crippen molar-refractivity contribution in [3.8, 4) is 0 Å². The molecule has 4 nitrogen and oxygen atoms in total. The Morgan fingerprint density at radius 3 is 2.94 bits per heavy atom. The van der Waals surface area contributed by atoms with Crippen LogP contribution in [0.2, 0.25) is 0 Å². The van der Waals surface area contributed by atoms with Crippen LogP contribution in [0.1, 0.15) is 12.0 Å². The molecule has 5 heteroatoms. The van der Waals surface area contributed by atoms with Gasteiger partial charge >= 0.3 is 6.03 Å². The summed E-state index contributed by atoms with van der Waals surface area (Å²) in [7, 11) is 1.62. The predicted octanol–water partition coefficient (Wildman–Crippen LogP) is 1.66. The quantitative estimate of drug-likeness (QED) is 0.743. The maximum absolute atomic E-state index is 12.8. The van der Waals surface area contributed by atoms with Gasteiger partial charge < -0.3 is 15.4 Å². The van der Waals surface area contributed by atoms with Gasteiger partial charge in [-0.3, -0.25) is 0 Å². The molecule has 0 atom stereocenters. The maximum atomic E-state index is 12.8. The van der Waals surface area contributed by atoms with Crippen LogP contribution in [0.15, 0.2) is 24.3 Å². The second kappa shape index (κ2) is 7.62. The summed E-state index contributed by atoms with van der Waals surface area (Å²) in [6, 6.07) is 5.88. The van der Waals surface area contributed by atoms with Gasteiger partial charge in [0.15, 0.2) is 0 Å². The molecule has 0 aliphatic rings. The van der Waals surface area contributed by atoms with Gasteiger partial charge in [-0.05, 0) is 24.1 Å². The average Bonchev–Trinajstić information content (AvgIpc) is 2.32. The summed E-state index contributed by atoms with van der Waals surface area (Å²) in [6.45, 7) is 1.49. The topological polar surface area (TPSA) is 50.4 Å². The molecule has 0 saturated heterocycles. The number of amides is 2. The highest BCUT2D eigenvalue weighted by Crippen LogP contribution is 2.02. The van der Waals surface area contributed by atoms with Crippen LogP contribution in [0.4, 0.5) is 9.18 Å².